The average Bonchev–Trinajstić information content (AvgIpc) is 2.45. The Morgan fingerprint density at radius 2 is 0.551 bits per heavy atom. The van der Waals surface area contributed by atoms with Crippen molar-refractivity contribution < 1.29 is 20.1 Å². The molecule has 0 aliphatic heterocycles. The molecule has 0 spiro atoms. The summed E-state index contributed by atoms with van der Waals surface area (Å²) in [6.07, 6.45) is 5.73. The fraction of sp³-hybridized carbons (Fsp3) is 0.0471. The van der Waals surface area contributed by atoms with Crippen LogP contribution in [0.5, 0.6) is 0 Å². The molecule has 89 heavy (non-hydrogen) atoms. The van der Waals surface area contributed by atoms with Gasteiger partial charge >= 0.3 is 20.1 Å². The van der Waals surface area contributed by atoms with E-state index in [0.717, 1.165) is 145 Å². The van der Waals surface area contributed by atoms with E-state index >= 15 is 0 Å². The van der Waals surface area contributed by atoms with Crippen molar-refractivity contribution in [3.05, 3.63) is 334 Å². The van der Waals surface area contributed by atoms with Gasteiger partial charge in [-0.25, -0.2) is 0 Å². The summed E-state index contributed by atoms with van der Waals surface area (Å²) in [5.41, 5.74) is 28.5. The zero-order valence-electron chi connectivity index (χ0n) is 49.6. The van der Waals surface area contributed by atoms with Gasteiger partial charge in [-0.15, -0.1) is 71.3 Å². The fourth-order valence-corrected chi connectivity index (χ4v) is 12.3. The Kier molecular flexibility index (Phi) is 16.5. The first kappa shape index (κ1) is 57.6. The van der Waals surface area contributed by atoms with Gasteiger partial charge < -0.3 is 15.0 Å². The third-order valence-corrected chi connectivity index (χ3v) is 16.6. The first-order valence-corrected chi connectivity index (χ1v) is 30.0. The molecular weight excluding hydrogens is 1260 g/mol. The van der Waals surface area contributed by atoms with Crippen molar-refractivity contribution in [1.82, 2.24) is 15.0 Å². The van der Waals surface area contributed by atoms with E-state index in [0.29, 0.717) is 0 Å². The Bertz CT molecular complexity index is 4600. The molecule has 0 aliphatic carbocycles. The molecule has 3 heterocycles. The minimum atomic E-state index is -0.140. The zero-order valence-corrected chi connectivity index (χ0v) is 52.0. The van der Waals surface area contributed by atoms with Crippen LogP contribution in [0.3, 0.4) is 0 Å². The van der Waals surface area contributed by atoms with Crippen LogP contribution in [0.15, 0.2) is 310 Å². The molecule has 0 amide bonds. The van der Waals surface area contributed by atoms with E-state index < -0.39 is 0 Å². The number of benzene rings is 11. The summed E-state index contributed by atoms with van der Waals surface area (Å²) in [4.78, 5) is 14.7. The molecule has 11 aromatic carbocycles. The summed E-state index contributed by atoms with van der Waals surface area (Å²) >= 11 is 0. The summed E-state index contributed by atoms with van der Waals surface area (Å²) in [6, 6.07) is 115. The van der Waals surface area contributed by atoms with Gasteiger partial charge in [0, 0.05) is 24.2 Å². The molecule has 0 unspecified atom stereocenters. The van der Waals surface area contributed by atoms with E-state index in [9.17, 15) is 0 Å². The van der Waals surface area contributed by atoms with Gasteiger partial charge in [0.1, 0.15) is 0 Å². The van der Waals surface area contributed by atoms with Crippen molar-refractivity contribution in [2.24, 2.45) is 0 Å². The van der Waals surface area contributed by atoms with Gasteiger partial charge in [-0.1, -0.05) is 295 Å². The number of hydrogen-bond acceptors (Lipinski definition) is 3. The number of nitrogens with zero attached hydrogens (tertiary/aromatic N) is 3. The average molecular weight is 1320 g/mol. The molecule has 424 valence electrons. The molecule has 14 aromatic rings. The number of hydrogen-bond donors (Lipinski definition) is 0. The maximum atomic E-state index is 5.18. The number of pyridine rings is 3. The van der Waals surface area contributed by atoms with E-state index in [4.69, 9.17) is 15.0 Å². The smallest absolute Gasteiger partial charge is 0.305 e. The molecule has 0 radical (unpaired) electrons. The van der Waals surface area contributed by atoms with Gasteiger partial charge in [0.15, 0.2) is 0 Å². The van der Waals surface area contributed by atoms with Crippen LogP contribution in [0.2, 0.25) is 0 Å². The van der Waals surface area contributed by atoms with Crippen LogP contribution in [-0.2, 0) is 25.5 Å². The van der Waals surface area contributed by atoms with Crippen LogP contribution >= 0.6 is 0 Å². The summed E-state index contributed by atoms with van der Waals surface area (Å²) < 4.78 is 0. The Morgan fingerprint density at radius 3 is 0.876 bits per heavy atom. The van der Waals surface area contributed by atoms with Crippen LogP contribution in [0.25, 0.3) is 145 Å². The molecule has 0 fully saturated rings. The Balaban J connectivity index is 0.00000729. The van der Waals surface area contributed by atoms with Crippen LogP contribution < -0.4 is 0 Å². The van der Waals surface area contributed by atoms with Crippen molar-refractivity contribution in [3.8, 4) is 145 Å². The van der Waals surface area contributed by atoms with E-state index in [1.807, 2.05) is 55.0 Å². The predicted octanol–water partition coefficient (Wildman–Crippen LogP) is 22.2. The van der Waals surface area contributed by atoms with Gasteiger partial charge in [0.05, 0.1) is 0 Å². The summed E-state index contributed by atoms with van der Waals surface area (Å²) in [6.45, 7) is 6.83. The number of rotatable bonds is 13. The second-order valence-corrected chi connectivity index (χ2v) is 23.2. The fourth-order valence-electron chi connectivity index (χ4n) is 12.3. The third kappa shape index (κ3) is 11.9. The minimum Gasteiger partial charge on any atom is -0.305 e. The maximum absolute atomic E-state index is 5.18. The largest absolute Gasteiger partial charge is 3.00 e. The summed E-state index contributed by atoms with van der Waals surface area (Å²) in [5, 5.41) is 0. The van der Waals surface area contributed by atoms with Gasteiger partial charge in [0.25, 0.3) is 0 Å². The van der Waals surface area contributed by atoms with E-state index in [1.165, 1.54) is 5.56 Å². The van der Waals surface area contributed by atoms with Crippen molar-refractivity contribution in [1.29, 1.82) is 0 Å². The van der Waals surface area contributed by atoms with Crippen molar-refractivity contribution in [2.75, 3.05) is 0 Å². The summed E-state index contributed by atoms with van der Waals surface area (Å²) in [7, 11) is 0. The van der Waals surface area contributed by atoms with Gasteiger partial charge in [-0.05, 0) is 114 Å². The minimum absolute atomic E-state index is 0. The second kappa shape index (κ2) is 25.5. The topological polar surface area (TPSA) is 38.7 Å². The molecule has 3 nitrogen and oxygen atoms in total. The van der Waals surface area contributed by atoms with E-state index in [1.54, 1.807) is 0 Å². The molecule has 4 heteroatoms. The monoisotopic (exact) mass is 1320 g/mol. The van der Waals surface area contributed by atoms with E-state index in [-0.39, 0.29) is 25.5 Å². The molecule has 3 aromatic heterocycles. The van der Waals surface area contributed by atoms with Crippen molar-refractivity contribution in [3.63, 3.8) is 0 Å². The van der Waals surface area contributed by atoms with E-state index in [2.05, 4.69) is 294 Å². The third-order valence-electron chi connectivity index (χ3n) is 16.6. The molecule has 0 bridgehead atoms. The first-order chi connectivity index (χ1) is 43.3. The quantitative estimate of drug-likeness (QED) is 0.108. The summed E-state index contributed by atoms with van der Waals surface area (Å²) in [5.74, 6) is 0. The maximum Gasteiger partial charge on any atom is 3.00 e. The Hall–Kier alpha value is -10.5. The molecular formula is C85H60IrN3. The molecule has 0 saturated carbocycles. The van der Waals surface area contributed by atoms with Crippen molar-refractivity contribution in [2.45, 2.75) is 26.2 Å². The van der Waals surface area contributed by atoms with Crippen LogP contribution in [-0.4, -0.2) is 15.0 Å². The van der Waals surface area contributed by atoms with Crippen LogP contribution in [0.1, 0.15) is 26.3 Å². The number of aromatic nitrogens is 3. The Morgan fingerprint density at radius 1 is 0.247 bits per heavy atom. The molecule has 0 saturated heterocycles. The standard InChI is InChI=1S/C85H60N3.Ir/c1-85(2,3)81-56-84(88-57-80(81)61-32-14-7-15-33-61)64-44-47-76(79(55-64)60-30-12-6-13-31-60)73-39-21-18-36-70(73)67-51-65(68-34-16-19-37-71(68)74-45-42-62(82-40-22-24-48-86-82)53-77(74)58-26-8-4-9-27-58)50-66(52-67)69-35-17-20-38-72(69)75-46-43-63(83-41-23-25-49-87-83)54-78(75)59-28-10-5-11-29-59;/h4-41,45-57H,1-3H3;/q-3;+3. The van der Waals surface area contributed by atoms with Gasteiger partial charge in [-0.3, -0.25) is 0 Å². The molecule has 0 atom stereocenters. The Labute approximate surface area is 536 Å². The van der Waals surface area contributed by atoms with Crippen LogP contribution in [0.4, 0.5) is 0 Å². The van der Waals surface area contributed by atoms with Gasteiger partial charge in [0.2, 0.25) is 0 Å². The molecule has 0 N–H and O–H groups in total. The first-order valence-electron chi connectivity index (χ1n) is 30.0. The van der Waals surface area contributed by atoms with Gasteiger partial charge in [-0.2, -0.15) is 0 Å². The normalized spacial score (nSPS) is 11.2. The predicted molar refractivity (Wildman–Crippen MR) is 366 cm³/mol. The van der Waals surface area contributed by atoms with Crippen molar-refractivity contribution >= 4 is 0 Å². The second-order valence-electron chi connectivity index (χ2n) is 23.2. The van der Waals surface area contributed by atoms with Crippen LogP contribution in [0, 0.1) is 18.2 Å². The SMILES string of the molecule is CC(C)(C)c1cc(-c2[c-]cc(-c3ccccc3-c3cc(-c4ccccc4-c4c[c-]c(-c5ccccn5)cc4-c4ccccc4)cc(-c4ccccc4-c4c[c-]c(-c5ccccn5)cc4-c4ccccc4)c3)c(-c3ccccc3)c2)ncc1-c1ccccc1.[Ir+3]. The zero-order chi connectivity index (χ0) is 59.4. The molecule has 0 aliphatic rings. The molecule has 14 rings (SSSR count).